The number of benzene rings is 1. The molecule has 1 aliphatic rings. The van der Waals surface area contributed by atoms with Gasteiger partial charge in [0, 0.05) is 12.1 Å². The monoisotopic (exact) mass is 298 g/mol. The van der Waals surface area contributed by atoms with Crippen LogP contribution in [0.2, 0.25) is 0 Å². The Bertz CT molecular complexity index is 647. The molecule has 0 saturated heterocycles. The third kappa shape index (κ3) is 2.81. The topological polar surface area (TPSA) is 127 Å². The van der Waals surface area contributed by atoms with E-state index in [4.69, 9.17) is 10.8 Å². The van der Waals surface area contributed by atoms with Gasteiger partial charge in [-0.3, -0.25) is 9.59 Å². The van der Waals surface area contributed by atoms with Crippen LogP contribution < -0.4 is 10.5 Å². The van der Waals surface area contributed by atoms with Gasteiger partial charge >= 0.3 is 5.97 Å². The van der Waals surface area contributed by atoms with Crippen LogP contribution in [0.1, 0.15) is 23.2 Å². The van der Waals surface area contributed by atoms with Crippen molar-refractivity contribution in [3.05, 3.63) is 29.8 Å². The average molecular weight is 298 g/mol. The zero-order chi connectivity index (χ0) is 15.0. The van der Waals surface area contributed by atoms with Crippen LogP contribution in [0.3, 0.4) is 0 Å². The second-order valence-electron chi connectivity index (χ2n) is 4.80. The highest BCUT2D eigenvalue weighted by Crippen LogP contribution is 2.45. The summed E-state index contributed by atoms with van der Waals surface area (Å²) in [6, 6.07) is 5.12. The maximum Gasteiger partial charge on any atom is 0.310 e. The molecule has 0 radical (unpaired) electrons. The standard InChI is InChI=1S/C12H14N2O5S/c13-10(15)8-1-3-9(4-2-8)20(18,19)14-7-12(5-6-12)11(16)17/h1-4,14H,5-7H2,(H2,13,15)(H,16,17). The Morgan fingerprint density at radius 2 is 1.80 bits per heavy atom. The number of rotatable bonds is 6. The van der Waals surface area contributed by atoms with Crippen molar-refractivity contribution in [3.8, 4) is 0 Å². The SMILES string of the molecule is NC(=O)c1ccc(S(=O)(=O)NCC2(C(=O)O)CC2)cc1. The van der Waals surface area contributed by atoms with Crippen LogP contribution in [0.15, 0.2) is 29.2 Å². The first-order valence-electron chi connectivity index (χ1n) is 5.90. The van der Waals surface area contributed by atoms with E-state index in [1.165, 1.54) is 24.3 Å². The lowest BCUT2D eigenvalue weighted by atomic mass is 10.1. The van der Waals surface area contributed by atoms with Crippen molar-refractivity contribution in [2.75, 3.05) is 6.54 Å². The molecule has 2 rings (SSSR count). The molecule has 1 aliphatic carbocycles. The number of sulfonamides is 1. The minimum atomic E-state index is -3.79. The first kappa shape index (κ1) is 14.5. The largest absolute Gasteiger partial charge is 0.481 e. The van der Waals surface area contributed by atoms with Crippen LogP contribution in [-0.2, 0) is 14.8 Å². The summed E-state index contributed by atoms with van der Waals surface area (Å²) < 4.78 is 26.3. The predicted molar refractivity (Wildman–Crippen MR) is 69.5 cm³/mol. The van der Waals surface area contributed by atoms with Gasteiger partial charge in [-0.25, -0.2) is 13.1 Å². The number of primary amides is 1. The maximum atomic E-state index is 12.0. The fourth-order valence-corrected chi connectivity index (χ4v) is 2.86. The molecular formula is C12H14N2O5S. The van der Waals surface area contributed by atoms with E-state index >= 15 is 0 Å². The number of hydrogen-bond acceptors (Lipinski definition) is 4. The molecule has 0 bridgehead atoms. The Kier molecular flexibility index (Phi) is 3.53. The molecule has 20 heavy (non-hydrogen) atoms. The van der Waals surface area contributed by atoms with Gasteiger partial charge in [0.05, 0.1) is 10.3 Å². The van der Waals surface area contributed by atoms with E-state index in [2.05, 4.69) is 4.72 Å². The summed E-state index contributed by atoms with van der Waals surface area (Å²) >= 11 is 0. The molecule has 0 spiro atoms. The average Bonchev–Trinajstić information content (AvgIpc) is 3.18. The van der Waals surface area contributed by atoms with Crippen LogP contribution in [-0.4, -0.2) is 31.9 Å². The lowest BCUT2D eigenvalue weighted by molar-refractivity contribution is -0.143. The van der Waals surface area contributed by atoms with Gasteiger partial charge < -0.3 is 10.8 Å². The van der Waals surface area contributed by atoms with Crippen LogP contribution in [0.25, 0.3) is 0 Å². The van der Waals surface area contributed by atoms with Gasteiger partial charge in [0.25, 0.3) is 0 Å². The predicted octanol–water partition coefficient (Wildman–Crippen LogP) is -0.0714. The number of nitrogens with one attached hydrogen (secondary N) is 1. The molecule has 1 aromatic carbocycles. The fraction of sp³-hybridized carbons (Fsp3) is 0.333. The van der Waals surface area contributed by atoms with Crippen molar-refractivity contribution in [2.45, 2.75) is 17.7 Å². The van der Waals surface area contributed by atoms with Crippen LogP contribution in [0.4, 0.5) is 0 Å². The molecule has 108 valence electrons. The summed E-state index contributed by atoms with van der Waals surface area (Å²) in [6.45, 7) is -0.137. The molecule has 0 aromatic heterocycles. The molecule has 1 amide bonds. The van der Waals surface area contributed by atoms with Gasteiger partial charge in [0.1, 0.15) is 0 Å². The van der Waals surface area contributed by atoms with Gasteiger partial charge in [0.2, 0.25) is 15.9 Å². The molecular weight excluding hydrogens is 284 g/mol. The highest BCUT2D eigenvalue weighted by atomic mass is 32.2. The number of carboxylic acid groups (broad SMARTS) is 1. The van der Waals surface area contributed by atoms with Crippen molar-refractivity contribution in [3.63, 3.8) is 0 Å². The van der Waals surface area contributed by atoms with E-state index in [1.807, 2.05) is 0 Å². The van der Waals surface area contributed by atoms with Crippen molar-refractivity contribution in [1.82, 2.24) is 4.72 Å². The van der Waals surface area contributed by atoms with Gasteiger partial charge in [0.15, 0.2) is 0 Å². The van der Waals surface area contributed by atoms with E-state index in [-0.39, 0.29) is 17.0 Å². The minimum Gasteiger partial charge on any atom is -0.481 e. The summed E-state index contributed by atoms with van der Waals surface area (Å²) in [7, 11) is -3.79. The first-order chi connectivity index (χ1) is 9.27. The number of hydrogen-bond donors (Lipinski definition) is 3. The lowest BCUT2D eigenvalue weighted by Gasteiger charge is -2.11. The van der Waals surface area contributed by atoms with Gasteiger partial charge in [-0.05, 0) is 37.1 Å². The molecule has 1 fully saturated rings. The third-order valence-electron chi connectivity index (χ3n) is 3.36. The number of nitrogens with two attached hydrogens (primary N) is 1. The van der Waals surface area contributed by atoms with Gasteiger partial charge in [-0.1, -0.05) is 0 Å². The summed E-state index contributed by atoms with van der Waals surface area (Å²) in [5, 5.41) is 8.98. The van der Waals surface area contributed by atoms with Crippen molar-refractivity contribution in [2.24, 2.45) is 11.1 Å². The number of amides is 1. The third-order valence-corrected chi connectivity index (χ3v) is 4.77. The summed E-state index contributed by atoms with van der Waals surface area (Å²) in [4.78, 5) is 21.8. The normalized spacial score (nSPS) is 16.6. The maximum absolute atomic E-state index is 12.0. The Morgan fingerprint density at radius 3 is 2.20 bits per heavy atom. The molecule has 0 aliphatic heterocycles. The summed E-state index contributed by atoms with van der Waals surface area (Å²) in [5.41, 5.74) is 4.29. The number of carbonyl (C=O) groups excluding carboxylic acids is 1. The summed E-state index contributed by atoms with van der Waals surface area (Å²) in [5.74, 6) is -1.64. The molecule has 1 aromatic rings. The highest BCUT2D eigenvalue weighted by molar-refractivity contribution is 7.89. The van der Waals surface area contributed by atoms with E-state index in [0.717, 1.165) is 0 Å². The molecule has 0 heterocycles. The van der Waals surface area contributed by atoms with E-state index in [9.17, 15) is 18.0 Å². The smallest absolute Gasteiger partial charge is 0.310 e. The zero-order valence-electron chi connectivity index (χ0n) is 10.5. The Morgan fingerprint density at radius 1 is 1.25 bits per heavy atom. The van der Waals surface area contributed by atoms with Gasteiger partial charge in [-0.2, -0.15) is 0 Å². The molecule has 1 saturated carbocycles. The minimum absolute atomic E-state index is 0.0383. The Balaban J connectivity index is 2.10. The zero-order valence-corrected chi connectivity index (χ0v) is 11.3. The number of carbonyl (C=O) groups is 2. The molecule has 0 unspecified atom stereocenters. The highest BCUT2D eigenvalue weighted by Gasteiger charge is 2.50. The molecule has 4 N–H and O–H groups in total. The van der Waals surface area contributed by atoms with Crippen LogP contribution in [0, 0.1) is 5.41 Å². The van der Waals surface area contributed by atoms with Gasteiger partial charge in [-0.15, -0.1) is 0 Å². The van der Waals surface area contributed by atoms with Crippen molar-refractivity contribution >= 4 is 21.9 Å². The first-order valence-corrected chi connectivity index (χ1v) is 7.38. The van der Waals surface area contributed by atoms with Crippen LogP contribution >= 0.6 is 0 Å². The van der Waals surface area contributed by atoms with Crippen molar-refractivity contribution < 1.29 is 23.1 Å². The van der Waals surface area contributed by atoms with E-state index in [1.54, 1.807) is 0 Å². The number of carboxylic acids is 1. The Labute approximate surface area is 115 Å². The molecule has 7 nitrogen and oxygen atoms in total. The van der Waals surface area contributed by atoms with Crippen LogP contribution in [0.5, 0.6) is 0 Å². The second kappa shape index (κ2) is 4.88. The summed E-state index contributed by atoms with van der Waals surface area (Å²) in [6.07, 6.45) is 0.928. The fourth-order valence-electron chi connectivity index (χ4n) is 1.73. The molecule has 0 atom stereocenters. The number of aliphatic carboxylic acids is 1. The van der Waals surface area contributed by atoms with Crippen molar-refractivity contribution in [1.29, 1.82) is 0 Å². The quantitative estimate of drug-likeness (QED) is 0.677. The lowest BCUT2D eigenvalue weighted by Crippen LogP contribution is -2.34. The molecule has 8 heteroatoms. The van der Waals surface area contributed by atoms with E-state index < -0.39 is 27.3 Å². The Hall–Kier alpha value is -1.93. The second-order valence-corrected chi connectivity index (χ2v) is 6.57. The van der Waals surface area contributed by atoms with E-state index in [0.29, 0.717) is 12.8 Å².